The molecule has 1 rings (SSSR count). The van der Waals surface area contributed by atoms with Crippen LogP contribution in [-0.4, -0.2) is 61.8 Å². The summed E-state index contributed by atoms with van der Waals surface area (Å²) in [4.78, 5) is 2.45. The maximum absolute atomic E-state index is 5.73. The van der Waals surface area contributed by atoms with Crippen molar-refractivity contribution in [2.75, 3.05) is 44.8 Å². The zero-order chi connectivity index (χ0) is 11.1. The first-order valence-corrected chi connectivity index (χ1v) is 7.22. The highest BCUT2D eigenvalue weighted by Crippen LogP contribution is 2.04. The highest BCUT2D eigenvalue weighted by Gasteiger charge is 2.19. The van der Waals surface area contributed by atoms with Crippen LogP contribution in [0.2, 0.25) is 0 Å². The third-order valence-corrected chi connectivity index (χ3v) is 3.61. The van der Waals surface area contributed by atoms with Crippen LogP contribution in [-0.2, 0) is 4.74 Å². The van der Waals surface area contributed by atoms with Crippen LogP contribution in [0, 0.1) is 0 Å². The fourth-order valence-electron chi connectivity index (χ4n) is 1.83. The Labute approximate surface area is 97.9 Å². The van der Waals surface area contributed by atoms with Gasteiger partial charge in [0.15, 0.2) is 0 Å². The fourth-order valence-corrected chi connectivity index (χ4v) is 2.45. The first-order valence-electron chi connectivity index (χ1n) is 5.82. The second kappa shape index (κ2) is 7.49. The zero-order valence-corrected chi connectivity index (χ0v) is 11.0. The van der Waals surface area contributed by atoms with Crippen molar-refractivity contribution >= 4 is 11.8 Å². The van der Waals surface area contributed by atoms with Crippen LogP contribution < -0.4 is 5.32 Å². The molecule has 0 aliphatic carbocycles. The Morgan fingerprint density at radius 1 is 1.60 bits per heavy atom. The van der Waals surface area contributed by atoms with Gasteiger partial charge in [-0.15, -0.1) is 0 Å². The molecule has 0 aromatic heterocycles. The molecule has 0 spiro atoms. The van der Waals surface area contributed by atoms with Gasteiger partial charge in [-0.1, -0.05) is 6.92 Å². The van der Waals surface area contributed by atoms with Gasteiger partial charge in [0.1, 0.15) is 0 Å². The first-order chi connectivity index (χ1) is 7.26. The summed E-state index contributed by atoms with van der Waals surface area (Å²) in [5.74, 6) is 1.17. The average Bonchev–Trinajstić information content (AvgIpc) is 2.27. The minimum Gasteiger partial charge on any atom is -0.374 e. The molecule has 0 radical (unpaired) electrons. The van der Waals surface area contributed by atoms with Crippen LogP contribution in [0.4, 0.5) is 0 Å². The van der Waals surface area contributed by atoms with Crippen LogP contribution >= 0.6 is 11.8 Å². The Hall–Kier alpha value is 0.230. The molecule has 2 atom stereocenters. The molecular formula is C11H24N2OS. The number of rotatable bonds is 6. The van der Waals surface area contributed by atoms with Gasteiger partial charge in [-0.2, -0.15) is 11.8 Å². The molecule has 0 aromatic carbocycles. The highest BCUT2D eigenvalue weighted by atomic mass is 32.2. The molecule has 3 nitrogen and oxygen atoms in total. The van der Waals surface area contributed by atoms with Crippen molar-refractivity contribution in [2.45, 2.75) is 26.0 Å². The van der Waals surface area contributed by atoms with E-state index in [1.807, 2.05) is 11.8 Å². The van der Waals surface area contributed by atoms with Gasteiger partial charge in [0, 0.05) is 31.4 Å². The molecule has 90 valence electrons. The van der Waals surface area contributed by atoms with Gasteiger partial charge in [0.25, 0.3) is 0 Å². The van der Waals surface area contributed by atoms with Crippen molar-refractivity contribution in [2.24, 2.45) is 0 Å². The van der Waals surface area contributed by atoms with E-state index in [1.54, 1.807) is 0 Å². The number of nitrogens with zero attached hydrogens (tertiary/aromatic N) is 1. The molecule has 1 aliphatic heterocycles. The molecule has 1 fully saturated rings. The van der Waals surface area contributed by atoms with Crippen molar-refractivity contribution in [3.8, 4) is 0 Å². The minimum absolute atomic E-state index is 0.378. The number of nitrogens with one attached hydrogen (secondary N) is 1. The van der Waals surface area contributed by atoms with Crippen LogP contribution in [0.25, 0.3) is 0 Å². The second-order valence-corrected chi connectivity index (χ2v) is 5.06. The zero-order valence-electron chi connectivity index (χ0n) is 10.2. The fraction of sp³-hybridized carbons (Fsp3) is 1.00. The largest absolute Gasteiger partial charge is 0.374 e. The second-order valence-electron chi connectivity index (χ2n) is 4.15. The van der Waals surface area contributed by atoms with Gasteiger partial charge >= 0.3 is 0 Å². The third kappa shape index (κ3) is 5.20. The van der Waals surface area contributed by atoms with Gasteiger partial charge < -0.3 is 10.1 Å². The molecular weight excluding hydrogens is 208 g/mol. The van der Waals surface area contributed by atoms with Crippen LogP contribution in [0.5, 0.6) is 0 Å². The predicted molar refractivity (Wildman–Crippen MR) is 67.7 cm³/mol. The SMILES string of the molecule is CCN1CCOC(CNC(C)CSC)C1. The van der Waals surface area contributed by atoms with Crippen molar-refractivity contribution in [3.05, 3.63) is 0 Å². The van der Waals surface area contributed by atoms with E-state index in [1.165, 1.54) is 5.75 Å². The molecule has 0 bridgehead atoms. The molecule has 1 aliphatic rings. The molecule has 1 heterocycles. The maximum atomic E-state index is 5.73. The molecule has 2 unspecified atom stereocenters. The number of ether oxygens (including phenoxy) is 1. The number of hydrogen-bond acceptors (Lipinski definition) is 4. The van der Waals surface area contributed by atoms with E-state index in [2.05, 4.69) is 30.3 Å². The summed E-state index contributed by atoms with van der Waals surface area (Å²) in [6.45, 7) is 9.63. The van der Waals surface area contributed by atoms with Gasteiger partial charge in [0.05, 0.1) is 12.7 Å². The smallest absolute Gasteiger partial charge is 0.0826 e. The Bertz CT molecular complexity index is 169. The van der Waals surface area contributed by atoms with Crippen LogP contribution in [0.3, 0.4) is 0 Å². The summed E-state index contributed by atoms with van der Waals surface area (Å²) in [5.41, 5.74) is 0. The van der Waals surface area contributed by atoms with Crippen molar-refractivity contribution < 1.29 is 4.74 Å². The lowest BCUT2D eigenvalue weighted by atomic mass is 10.2. The monoisotopic (exact) mass is 232 g/mol. The number of hydrogen-bond donors (Lipinski definition) is 1. The Balaban J connectivity index is 2.14. The number of morpholine rings is 1. The minimum atomic E-state index is 0.378. The standard InChI is InChI=1S/C11H24N2OS/c1-4-13-5-6-14-11(8-13)7-12-10(2)9-15-3/h10-12H,4-9H2,1-3H3. The molecule has 4 heteroatoms. The molecule has 0 saturated carbocycles. The quantitative estimate of drug-likeness (QED) is 0.740. The molecule has 0 amide bonds. The molecule has 15 heavy (non-hydrogen) atoms. The van der Waals surface area contributed by atoms with Gasteiger partial charge in [-0.05, 0) is 19.7 Å². The summed E-state index contributed by atoms with van der Waals surface area (Å²) in [6.07, 6.45) is 2.52. The van der Waals surface area contributed by atoms with Crippen molar-refractivity contribution in [1.82, 2.24) is 10.2 Å². The predicted octanol–water partition coefficient (Wildman–Crippen LogP) is 1.05. The van der Waals surface area contributed by atoms with E-state index in [0.717, 1.165) is 32.8 Å². The Morgan fingerprint density at radius 3 is 3.07 bits per heavy atom. The molecule has 0 aromatic rings. The summed E-state index contributed by atoms with van der Waals surface area (Å²) >= 11 is 1.89. The van der Waals surface area contributed by atoms with Crippen LogP contribution in [0.1, 0.15) is 13.8 Å². The van der Waals surface area contributed by atoms with Crippen molar-refractivity contribution in [3.63, 3.8) is 0 Å². The van der Waals surface area contributed by atoms with E-state index < -0.39 is 0 Å². The van der Waals surface area contributed by atoms with E-state index >= 15 is 0 Å². The van der Waals surface area contributed by atoms with E-state index in [4.69, 9.17) is 4.74 Å². The number of thioether (sulfide) groups is 1. The lowest BCUT2D eigenvalue weighted by molar-refractivity contribution is -0.0259. The molecule has 1 saturated heterocycles. The summed E-state index contributed by atoms with van der Waals surface area (Å²) in [5, 5.41) is 3.53. The normalized spacial score (nSPS) is 25.4. The van der Waals surface area contributed by atoms with E-state index in [9.17, 15) is 0 Å². The third-order valence-electron chi connectivity index (χ3n) is 2.78. The Morgan fingerprint density at radius 2 is 2.40 bits per heavy atom. The topological polar surface area (TPSA) is 24.5 Å². The van der Waals surface area contributed by atoms with Gasteiger partial charge in [0.2, 0.25) is 0 Å². The summed E-state index contributed by atoms with van der Waals surface area (Å²) in [7, 11) is 0. The summed E-state index contributed by atoms with van der Waals surface area (Å²) in [6, 6.07) is 0.584. The van der Waals surface area contributed by atoms with Crippen LogP contribution in [0.15, 0.2) is 0 Å². The van der Waals surface area contributed by atoms with Crippen molar-refractivity contribution in [1.29, 1.82) is 0 Å². The van der Waals surface area contributed by atoms with E-state index in [0.29, 0.717) is 12.1 Å². The van der Waals surface area contributed by atoms with E-state index in [-0.39, 0.29) is 0 Å². The summed E-state index contributed by atoms with van der Waals surface area (Å²) < 4.78 is 5.73. The lowest BCUT2D eigenvalue weighted by Gasteiger charge is -2.32. The molecule has 1 N–H and O–H groups in total. The van der Waals surface area contributed by atoms with Gasteiger partial charge in [-0.25, -0.2) is 0 Å². The maximum Gasteiger partial charge on any atom is 0.0826 e. The number of likely N-dealkylation sites (N-methyl/N-ethyl adjacent to an activating group) is 1. The highest BCUT2D eigenvalue weighted by molar-refractivity contribution is 7.98. The first kappa shape index (κ1) is 13.3. The average molecular weight is 232 g/mol. The Kier molecular flexibility index (Phi) is 6.64. The van der Waals surface area contributed by atoms with Gasteiger partial charge in [-0.3, -0.25) is 4.90 Å². The lowest BCUT2D eigenvalue weighted by Crippen LogP contribution is -2.48.